The summed E-state index contributed by atoms with van der Waals surface area (Å²) in [5.74, 6) is 0.593. The molecule has 2 atom stereocenters. The molecular formula is C21H25N3O4. The number of rotatable bonds is 4. The zero-order chi connectivity index (χ0) is 19.7. The highest BCUT2D eigenvalue weighted by atomic mass is 16.5. The Labute approximate surface area is 164 Å². The van der Waals surface area contributed by atoms with Crippen LogP contribution in [-0.4, -0.2) is 60.6 Å². The lowest BCUT2D eigenvalue weighted by Crippen LogP contribution is -2.56. The lowest BCUT2D eigenvalue weighted by atomic mass is 9.94. The fraction of sp³-hybridized carbons (Fsp3) is 0.571. The molecule has 3 fully saturated rings. The predicted octanol–water partition coefficient (Wildman–Crippen LogP) is 1.89. The highest BCUT2D eigenvalue weighted by Gasteiger charge is 2.48. The molecule has 1 aliphatic carbocycles. The quantitative estimate of drug-likeness (QED) is 0.793. The molecule has 2 saturated heterocycles. The Morgan fingerprint density at radius 3 is 2.43 bits per heavy atom. The summed E-state index contributed by atoms with van der Waals surface area (Å²) in [7, 11) is 1.61. The van der Waals surface area contributed by atoms with Crippen molar-refractivity contribution in [1.82, 2.24) is 9.80 Å². The molecular weight excluding hydrogens is 358 g/mol. The Kier molecular flexibility index (Phi) is 5.23. The summed E-state index contributed by atoms with van der Waals surface area (Å²) in [4.78, 5) is 29.6. The van der Waals surface area contributed by atoms with Gasteiger partial charge in [0.15, 0.2) is 6.10 Å². The van der Waals surface area contributed by atoms with Gasteiger partial charge in [0.2, 0.25) is 5.91 Å². The molecule has 7 heteroatoms. The van der Waals surface area contributed by atoms with Gasteiger partial charge in [-0.2, -0.15) is 5.26 Å². The molecule has 1 aromatic rings. The average Bonchev–Trinajstić information content (AvgIpc) is 3.58. The third-order valence-corrected chi connectivity index (χ3v) is 5.89. The molecule has 4 rings (SSSR count). The number of hydrogen-bond acceptors (Lipinski definition) is 5. The second kappa shape index (κ2) is 7.80. The average molecular weight is 383 g/mol. The summed E-state index contributed by atoms with van der Waals surface area (Å²) in [6, 6.07) is 9.55. The molecule has 0 N–H and O–H groups in total. The molecule has 1 aromatic carbocycles. The van der Waals surface area contributed by atoms with E-state index in [0.29, 0.717) is 25.9 Å². The largest absolute Gasteiger partial charge is 0.497 e. The maximum Gasteiger partial charge on any atom is 0.254 e. The number of likely N-dealkylation sites (tertiary alicyclic amines) is 1. The third-order valence-electron chi connectivity index (χ3n) is 5.89. The van der Waals surface area contributed by atoms with Gasteiger partial charge in [0.25, 0.3) is 5.91 Å². The number of nitrogens with zero attached hydrogens (tertiary/aromatic N) is 3. The van der Waals surface area contributed by atoms with Crippen LogP contribution in [0.3, 0.4) is 0 Å². The molecule has 3 aliphatic rings. The van der Waals surface area contributed by atoms with E-state index in [1.54, 1.807) is 12.0 Å². The van der Waals surface area contributed by atoms with Crippen LogP contribution < -0.4 is 4.74 Å². The smallest absolute Gasteiger partial charge is 0.254 e. The molecule has 0 spiro atoms. The molecule has 2 aliphatic heterocycles. The fourth-order valence-electron chi connectivity index (χ4n) is 4.16. The topological polar surface area (TPSA) is 82.9 Å². The molecule has 7 nitrogen and oxygen atoms in total. The van der Waals surface area contributed by atoms with Gasteiger partial charge in [-0.1, -0.05) is 12.1 Å². The van der Waals surface area contributed by atoms with Crippen LogP contribution >= 0.6 is 0 Å². The minimum atomic E-state index is -0.717. The summed E-state index contributed by atoms with van der Waals surface area (Å²) in [6.45, 7) is 1.06. The molecule has 0 bridgehead atoms. The van der Waals surface area contributed by atoms with E-state index in [-0.39, 0.29) is 30.4 Å². The van der Waals surface area contributed by atoms with Gasteiger partial charge < -0.3 is 19.3 Å². The standard InChI is InChI=1S/C21H25N3O4/c1-27-17-6-2-15(3-7-17)19-20(28-13-18(25)24(19)16-4-5-16)21(26)23-10-8-14(12-22)9-11-23/h2-3,6-7,14,16,19-20H,4-5,8-11,13H2,1H3/t19-,20+/m1/s1. The van der Waals surface area contributed by atoms with Crippen LogP contribution in [0.25, 0.3) is 0 Å². The highest BCUT2D eigenvalue weighted by Crippen LogP contribution is 2.40. The second-order valence-electron chi connectivity index (χ2n) is 7.71. The van der Waals surface area contributed by atoms with Crippen LogP contribution in [-0.2, 0) is 14.3 Å². The van der Waals surface area contributed by atoms with Crippen molar-refractivity contribution in [1.29, 1.82) is 5.26 Å². The van der Waals surface area contributed by atoms with Crippen molar-refractivity contribution in [3.8, 4) is 11.8 Å². The van der Waals surface area contributed by atoms with E-state index in [9.17, 15) is 9.59 Å². The first kappa shape index (κ1) is 18.8. The zero-order valence-electron chi connectivity index (χ0n) is 16.0. The van der Waals surface area contributed by atoms with E-state index in [2.05, 4.69) is 6.07 Å². The summed E-state index contributed by atoms with van der Waals surface area (Å²) in [5, 5.41) is 9.10. The summed E-state index contributed by atoms with van der Waals surface area (Å²) < 4.78 is 11.1. The predicted molar refractivity (Wildman–Crippen MR) is 100 cm³/mol. The van der Waals surface area contributed by atoms with Gasteiger partial charge in [0.05, 0.1) is 19.2 Å². The van der Waals surface area contributed by atoms with Crippen molar-refractivity contribution in [2.45, 2.75) is 43.9 Å². The normalized spacial score (nSPS) is 26.1. The summed E-state index contributed by atoms with van der Waals surface area (Å²) in [6.07, 6.45) is 2.59. The Bertz CT molecular complexity index is 776. The number of carbonyl (C=O) groups is 2. The van der Waals surface area contributed by atoms with Crippen molar-refractivity contribution in [3.05, 3.63) is 29.8 Å². The third kappa shape index (κ3) is 3.57. The van der Waals surface area contributed by atoms with Gasteiger partial charge in [0, 0.05) is 25.0 Å². The van der Waals surface area contributed by atoms with E-state index >= 15 is 0 Å². The van der Waals surface area contributed by atoms with Crippen LogP contribution in [0, 0.1) is 17.2 Å². The number of piperidine rings is 1. The Hall–Kier alpha value is -2.59. The Morgan fingerprint density at radius 2 is 1.86 bits per heavy atom. The van der Waals surface area contributed by atoms with E-state index in [4.69, 9.17) is 14.7 Å². The van der Waals surface area contributed by atoms with E-state index in [1.807, 2.05) is 29.2 Å². The number of amides is 2. The second-order valence-corrected chi connectivity index (χ2v) is 7.71. The maximum atomic E-state index is 13.3. The number of benzene rings is 1. The number of ether oxygens (including phenoxy) is 2. The van der Waals surface area contributed by atoms with Crippen LogP contribution in [0.15, 0.2) is 24.3 Å². The summed E-state index contributed by atoms with van der Waals surface area (Å²) in [5.41, 5.74) is 0.881. The SMILES string of the molecule is COc1ccc([C@@H]2[C@@H](C(=O)N3CCC(C#N)CC3)OCC(=O)N2C2CC2)cc1. The van der Waals surface area contributed by atoms with Gasteiger partial charge >= 0.3 is 0 Å². The Balaban J connectivity index is 1.61. The van der Waals surface area contributed by atoms with Crippen molar-refractivity contribution in [2.24, 2.45) is 5.92 Å². The summed E-state index contributed by atoms with van der Waals surface area (Å²) >= 11 is 0. The number of carbonyl (C=O) groups excluding carboxylic acids is 2. The van der Waals surface area contributed by atoms with Gasteiger partial charge in [-0.15, -0.1) is 0 Å². The fourth-order valence-corrected chi connectivity index (χ4v) is 4.16. The van der Waals surface area contributed by atoms with Crippen molar-refractivity contribution < 1.29 is 19.1 Å². The first-order valence-corrected chi connectivity index (χ1v) is 9.87. The van der Waals surface area contributed by atoms with Crippen molar-refractivity contribution in [2.75, 3.05) is 26.8 Å². The molecule has 0 aromatic heterocycles. The molecule has 0 unspecified atom stereocenters. The van der Waals surface area contributed by atoms with Crippen LogP contribution in [0.4, 0.5) is 0 Å². The van der Waals surface area contributed by atoms with Gasteiger partial charge in [-0.3, -0.25) is 9.59 Å². The van der Waals surface area contributed by atoms with Gasteiger partial charge in [-0.25, -0.2) is 0 Å². The van der Waals surface area contributed by atoms with E-state index < -0.39 is 12.1 Å². The number of nitriles is 1. The molecule has 2 amide bonds. The Morgan fingerprint density at radius 1 is 1.18 bits per heavy atom. The van der Waals surface area contributed by atoms with E-state index in [0.717, 1.165) is 24.2 Å². The maximum absolute atomic E-state index is 13.3. The molecule has 1 saturated carbocycles. The molecule has 148 valence electrons. The zero-order valence-corrected chi connectivity index (χ0v) is 16.0. The van der Waals surface area contributed by atoms with Crippen molar-refractivity contribution in [3.63, 3.8) is 0 Å². The lowest BCUT2D eigenvalue weighted by molar-refractivity contribution is -0.170. The minimum absolute atomic E-state index is 0.0123. The molecule has 28 heavy (non-hydrogen) atoms. The van der Waals surface area contributed by atoms with Gasteiger partial charge in [0.1, 0.15) is 12.4 Å². The monoisotopic (exact) mass is 383 g/mol. The number of morpholine rings is 1. The molecule has 0 radical (unpaired) electrons. The van der Waals surface area contributed by atoms with Crippen LogP contribution in [0.1, 0.15) is 37.3 Å². The first-order valence-electron chi connectivity index (χ1n) is 9.87. The number of methoxy groups -OCH3 is 1. The van der Waals surface area contributed by atoms with Crippen LogP contribution in [0.5, 0.6) is 5.75 Å². The van der Waals surface area contributed by atoms with E-state index in [1.165, 1.54) is 0 Å². The lowest BCUT2D eigenvalue weighted by Gasteiger charge is -2.43. The first-order chi connectivity index (χ1) is 13.6. The minimum Gasteiger partial charge on any atom is -0.497 e. The highest BCUT2D eigenvalue weighted by molar-refractivity contribution is 5.87. The molecule has 2 heterocycles. The van der Waals surface area contributed by atoms with Crippen LogP contribution in [0.2, 0.25) is 0 Å². The van der Waals surface area contributed by atoms with Crippen molar-refractivity contribution >= 4 is 11.8 Å². The number of hydrogen-bond donors (Lipinski definition) is 0. The van der Waals surface area contributed by atoms with Gasteiger partial charge in [-0.05, 0) is 43.4 Å².